The van der Waals surface area contributed by atoms with Gasteiger partial charge in [-0.2, -0.15) is 0 Å². The molecule has 1 N–H and O–H groups in total. The van der Waals surface area contributed by atoms with E-state index in [1.807, 2.05) is 25.1 Å². The molecule has 0 fully saturated rings. The number of benzene rings is 1. The smallest absolute Gasteiger partial charge is 0.233 e. The predicted molar refractivity (Wildman–Crippen MR) is 77.7 cm³/mol. The van der Waals surface area contributed by atoms with Crippen LogP contribution in [0.3, 0.4) is 0 Å². The molecule has 0 aliphatic carbocycles. The van der Waals surface area contributed by atoms with E-state index in [1.165, 1.54) is 11.8 Å². The fourth-order valence-corrected chi connectivity index (χ4v) is 2.51. The molecular weight excluding hydrogens is 274 g/mol. The van der Waals surface area contributed by atoms with Crippen molar-refractivity contribution in [2.45, 2.75) is 23.6 Å². The van der Waals surface area contributed by atoms with Crippen LogP contribution in [0.2, 0.25) is 0 Å². The Balaban J connectivity index is 1.84. The van der Waals surface area contributed by atoms with Crippen LogP contribution in [0.5, 0.6) is 0 Å². The van der Waals surface area contributed by atoms with Crippen LogP contribution in [-0.4, -0.2) is 17.4 Å². The van der Waals surface area contributed by atoms with Gasteiger partial charge in [0, 0.05) is 10.5 Å². The summed E-state index contributed by atoms with van der Waals surface area (Å²) < 4.78 is 5.15. The van der Waals surface area contributed by atoms with Gasteiger partial charge in [0.05, 0.1) is 18.1 Å². The average molecular weight is 289 g/mol. The fraction of sp³-hybridized carbons (Fsp3) is 0.200. The molecule has 0 saturated heterocycles. The highest BCUT2D eigenvalue weighted by Gasteiger charge is 2.14. The maximum absolute atomic E-state index is 11.9. The molecule has 5 heteroatoms. The first-order valence-corrected chi connectivity index (χ1v) is 7.09. The number of aldehydes is 1. The molecule has 1 aromatic carbocycles. The van der Waals surface area contributed by atoms with Crippen molar-refractivity contribution >= 4 is 24.0 Å². The third-order valence-electron chi connectivity index (χ3n) is 2.72. The highest BCUT2D eigenvalue weighted by molar-refractivity contribution is 8.00. The van der Waals surface area contributed by atoms with Crippen molar-refractivity contribution in [2.75, 3.05) is 0 Å². The van der Waals surface area contributed by atoms with Gasteiger partial charge in [0.25, 0.3) is 0 Å². The topological polar surface area (TPSA) is 59.3 Å². The van der Waals surface area contributed by atoms with Crippen LogP contribution in [-0.2, 0) is 11.3 Å². The molecule has 1 atom stereocenters. The lowest BCUT2D eigenvalue weighted by Crippen LogP contribution is -2.30. The summed E-state index contributed by atoms with van der Waals surface area (Å²) >= 11 is 1.45. The molecule has 1 heterocycles. The van der Waals surface area contributed by atoms with Crippen LogP contribution in [0.1, 0.15) is 23.0 Å². The zero-order chi connectivity index (χ0) is 14.4. The molecule has 0 spiro atoms. The maximum atomic E-state index is 11.9. The van der Waals surface area contributed by atoms with Crippen molar-refractivity contribution in [1.82, 2.24) is 5.32 Å². The number of carbonyl (C=O) groups is 2. The third kappa shape index (κ3) is 3.99. The van der Waals surface area contributed by atoms with E-state index in [-0.39, 0.29) is 11.2 Å². The normalized spacial score (nSPS) is 11.8. The van der Waals surface area contributed by atoms with Crippen molar-refractivity contribution in [2.24, 2.45) is 0 Å². The molecule has 0 aliphatic heterocycles. The lowest BCUT2D eigenvalue weighted by molar-refractivity contribution is -0.120. The summed E-state index contributed by atoms with van der Waals surface area (Å²) in [5.74, 6) is 0.678. The second-order valence-corrected chi connectivity index (χ2v) is 5.66. The summed E-state index contributed by atoms with van der Waals surface area (Å²) in [6.45, 7) is 2.23. The van der Waals surface area contributed by atoms with E-state index >= 15 is 0 Å². The number of carbonyl (C=O) groups excluding carboxylic acids is 2. The first kappa shape index (κ1) is 14.4. The van der Waals surface area contributed by atoms with Crippen molar-refractivity contribution in [3.05, 3.63) is 54.0 Å². The van der Waals surface area contributed by atoms with E-state index in [0.717, 1.165) is 16.9 Å². The number of hydrogen-bond acceptors (Lipinski definition) is 4. The minimum atomic E-state index is -0.216. The van der Waals surface area contributed by atoms with Crippen molar-refractivity contribution in [3.8, 4) is 0 Å². The molecule has 20 heavy (non-hydrogen) atoms. The van der Waals surface area contributed by atoms with Gasteiger partial charge in [-0.1, -0.05) is 12.1 Å². The SMILES string of the molecule is CC(Sc1ccc(C=O)cc1)C(=O)NCc1ccco1. The Bertz CT molecular complexity index is 563. The molecule has 1 aromatic heterocycles. The number of amides is 1. The number of furan rings is 1. The van der Waals surface area contributed by atoms with Crippen LogP contribution >= 0.6 is 11.8 Å². The number of thioether (sulfide) groups is 1. The van der Waals surface area contributed by atoms with Gasteiger partial charge in [-0.15, -0.1) is 11.8 Å². The fourth-order valence-electron chi connectivity index (χ4n) is 1.61. The van der Waals surface area contributed by atoms with Gasteiger partial charge in [0.2, 0.25) is 5.91 Å². The van der Waals surface area contributed by atoms with Gasteiger partial charge in [-0.25, -0.2) is 0 Å². The lowest BCUT2D eigenvalue weighted by atomic mass is 10.2. The van der Waals surface area contributed by atoms with Crippen LogP contribution in [0.25, 0.3) is 0 Å². The van der Waals surface area contributed by atoms with Gasteiger partial charge < -0.3 is 9.73 Å². The van der Waals surface area contributed by atoms with Crippen molar-refractivity contribution in [1.29, 1.82) is 0 Å². The molecular formula is C15H15NO3S. The minimum Gasteiger partial charge on any atom is -0.467 e. The van der Waals surface area contributed by atoms with E-state index in [4.69, 9.17) is 4.42 Å². The van der Waals surface area contributed by atoms with E-state index < -0.39 is 0 Å². The summed E-state index contributed by atoms with van der Waals surface area (Å²) in [4.78, 5) is 23.5. The molecule has 0 radical (unpaired) electrons. The zero-order valence-electron chi connectivity index (χ0n) is 11.0. The minimum absolute atomic E-state index is 0.0501. The Hall–Kier alpha value is -2.01. The Morgan fingerprint density at radius 1 is 1.35 bits per heavy atom. The maximum Gasteiger partial charge on any atom is 0.233 e. The zero-order valence-corrected chi connectivity index (χ0v) is 11.9. The van der Waals surface area contributed by atoms with Crippen LogP contribution < -0.4 is 5.32 Å². The first-order valence-electron chi connectivity index (χ1n) is 6.21. The monoisotopic (exact) mass is 289 g/mol. The summed E-state index contributed by atoms with van der Waals surface area (Å²) in [5, 5.41) is 2.60. The highest BCUT2D eigenvalue weighted by atomic mass is 32.2. The molecule has 1 unspecified atom stereocenters. The lowest BCUT2D eigenvalue weighted by Gasteiger charge is -2.11. The molecule has 0 aliphatic rings. The van der Waals surface area contributed by atoms with E-state index in [9.17, 15) is 9.59 Å². The van der Waals surface area contributed by atoms with Crippen LogP contribution in [0.15, 0.2) is 52.0 Å². The predicted octanol–water partition coefficient (Wildman–Crippen LogP) is 2.89. The molecule has 104 valence electrons. The van der Waals surface area contributed by atoms with Crippen molar-refractivity contribution in [3.63, 3.8) is 0 Å². The number of nitrogens with one attached hydrogen (secondary N) is 1. The Kier molecular flexibility index (Phi) is 5.01. The molecule has 2 aromatic rings. The standard InChI is InChI=1S/C15H15NO3S/c1-11(15(18)16-9-13-3-2-8-19-13)20-14-6-4-12(10-17)5-7-14/h2-8,10-11H,9H2,1H3,(H,16,18). The Morgan fingerprint density at radius 3 is 2.70 bits per heavy atom. The average Bonchev–Trinajstić information content (AvgIpc) is 2.98. The summed E-state index contributed by atoms with van der Waals surface area (Å²) in [5.41, 5.74) is 0.629. The first-order chi connectivity index (χ1) is 9.69. The molecule has 0 bridgehead atoms. The molecule has 4 nitrogen and oxygen atoms in total. The third-order valence-corrected chi connectivity index (χ3v) is 3.83. The Labute approximate surface area is 121 Å². The largest absolute Gasteiger partial charge is 0.467 e. The number of rotatable bonds is 6. The van der Waals surface area contributed by atoms with Gasteiger partial charge in [0.1, 0.15) is 12.0 Å². The van der Waals surface area contributed by atoms with Crippen LogP contribution in [0.4, 0.5) is 0 Å². The van der Waals surface area contributed by atoms with E-state index in [0.29, 0.717) is 12.1 Å². The van der Waals surface area contributed by atoms with Gasteiger partial charge in [-0.05, 0) is 31.2 Å². The van der Waals surface area contributed by atoms with E-state index in [2.05, 4.69) is 5.32 Å². The van der Waals surface area contributed by atoms with Gasteiger partial charge in [0.15, 0.2) is 0 Å². The van der Waals surface area contributed by atoms with Gasteiger partial charge in [-0.3, -0.25) is 9.59 Å². The van der Waals surface area contributed by atoms with Gasteiger partial charge >= 0.3 is 0 Å². The van der Waals surface area contributed by atoms with Crippen LogP contribution in [0, 0.1) is 0 Å². The quantitative estimate of drug-likeness (QED) is 0.656. The number of hydrogen-bond donors (Lipinski definition) is 1. The second kappa shape index (κ2) is 6.96. The summed E-state index contributed by atoms with van der Waals surface area (Å²) in [6.07, 6.45) is 2.38. The molecule has 2 rings (SSSR count). The van der Waals surface area contributed by atoms with Crippen molar-refractivity contribution < 1.29 is 14.0 Å². The second-order valence-electron chi connectivity index (χ2n) is 4.24. The Morgan fingerprint density at radius 2 is 2.10 bits per heavy atom. The summed E-state index contributed by atoms with van der Waals surface area (Å²) in [6, 6.07) is 10.8. The summed E-state index contributed by atoms with van der Waals surface area (Å²) in [7, 11) is 0. The molecule has 1 amide bonds. The highest BCUT2D eigenvalue weighted by Crippen LogP contribution is 2.23. The van der Waals surface area contributed by atoms with E-state index in [1.54, 1.807) is 24.5 Å². The molecule has 0 saturated carbocycles.